The largest absolute Gasteiger partial charge is 0.351 e. The van der Waals surface area contributed by atoms with E-state index in [2.05, 4.69) is 15.3 Å². The van der Waals surface area contributed by atoms with Crippen molar-refractivity contribution in [2.45, 2.75) is 6.92 Å². The summed E-state index contributed by atoms with van der Waals surface area (Å²) in [6.07, 6.45) is 0. The van der Waals surface area contributed by atoms with Crippen LogP contribution in [-0.4, -0.2) is 15.9 Å². The number of hydrogen-bond donors (Lipinski definition) is 2. The summed E-state index contributed by atoms with van der Waals surface area (Å²) in [5.41, 5.74) is 3.50. The second-order valence-corrected chi connectivity index (χ2v) is 6.52. The van der Waals surface area contributed by atoms with Gasteiger partial charge in [0.15, 0.2) is 5.13 Å². The Hall–Kier alpha value is -2.92. The van der Waals surface area contributed by atoms with Crippen molar-refractivity contribution in [2.24, 2.45) is 0 Å². The Morgan fingerprint density at radius 1 is 1.08 bits per heavy atom. The minimum Gasteiger partial charge on any atom is -0.351 e. The standard InChI is InChI=1S/C19H15N3OS/c1-12-17(13-7-3-2-4-8-13)24-19(20-12)22-18(23)16-11-14-9-5-6-10-15(14)21-16/h2-11,21H,1H3,(H,20,22,23). The van der Waals surface area contributed by atoms with Gasteiger partial charge in [-0.2, -0.15) is 0 Å². The van der Waals surface area contributed by atoms with Gasteiger partial charge in [0, 0.05) is 10.9 Å². The first-order valence-corrected chi connectivity index (χ1v) is 8.44. The molecule has 0 aliphatic carbocycles. The Kier molecular flexibility index (Phi) is 3.63. The maximum Gasteiger partial charge on any atom is 0.273 e. The van der Waals surface area contributed by atoms with Crippen molar-refractivity contribution < 1.29 is 4.79 Å². The third-order valence-electron chi connectivity index (χ3n) is 3.83. The molecule has 0 aliphatic heterocycles. The normalized spacial score (nSPS) is 10.9. The van der Waals surface area contributed by atoms with Gasteiger partial charge in [0.1, 0.15) is 5.69 Å². The summed E-state index contributed by atoms with van der Waals surface area (Å²) in [6.45, 7) is 1.96. The molecule has 4 rings (SSSR count). The van der Waals surface area contributed by atoms with Crippen molar-refractivity contribution in [1.29, 1.82) is 0 Å². The zero-order valence-electron chi connectivity index (χ0n) is 13.0. The molecule has 0 bridgehead atoms. The van der Waals surface area contributed by atoms with Crippen molar-refractivity contribution in [3.8, 4) is 10.4 Å². The fourth-order valence-electron chi connectivity index (χ4n) is 2.67. The van der Waals surface area contributed by atoms with Crippen LogP contribution >= 0.6 is 11.3 Å². The number of aromatic amines is 1. The third-order valence-corrected chi connectivity index (χ3v) is 4.95. The number of rotatable bonds is 3. The Bertz CT molecular complexity index is 984. The molecular formula is C19H15N3OS. The number of aryl methyl sites for hydroxylation is 1. The number of thiazole rings is 1. The number of aromatic nitrogens is 2. The Balaban J connectivity index is 1.60. The molecule has 2 aromatic carbocycles. The first-order chi connectivity index (χ1) is 11.7. The smallest absolute Gasteiger partial charge is 0.273 e. The molecule has 0 radical (unpaired) electrons. The van der Waals surface area contributed by atoms with E-state index in [0.29, 0.717) is 10.8 Å². The summed E-state index contributed by atoms with van der Waals surface area (Å²) in [7, 11) is 0. The van der Waals surface area contributed by atoms with Crippen LogP contribution in [0.2, 0.25) is 0 Å². The zero-order valence-corrected chi connectivity index (χ0v) is 13.9. The molecule has 24 heavy (non-hydrogen) atoms. The number of H-pyrrole nitrogens is 1. The van der Waals surface area contributed by atoms with Crippen LogP contribution in [0.5, 0.6) is 0 Å². The van der Waals surface area contributed by atoms with E-state index in [-0.39, 0.29) is 5.91 Å². The summed E-state index contributed by atoms with van der Waals surface area (Å²) in [5, 5.41) is 4.51. The molecule has 2 N–H and O–H groups in total. The van der Waals surface area contributed by atoms with E-state index >= 15 is 0 Å². The van der Waals surface area contributed by atoms with Gasteiger partial charge in [0.05, 0.1) is 10.6 Å². The van der Waals surface area contributed by atoms with E-state index < -0.39 is 0 Å². The summed E-state index contributed by atoms with van der Waals surface area (Å²) in [5.74, 6) is -0.181. The fourth-order valence-corrected chi connectivity index (χ4v) is 3.63. The number of fused-ring (bicyclic) bond motifs is 1. The van der Waals surface area contributed by atoms with Crippen molar-refractivity contribution in [1.82, 2.24) is 9.97 Å². The van der Waals surface area contributed by atoms with Crippen LogP contribution in [0.3, 0.4) is 0 Å². The molecule has 118 valence electrons. The molecule has 0 spiro atoms. The molecule has 4 aromatic rings. The van der Waals surface area contributed by atoms with Crippen LogP contribution < -0.4 is 5.32 Å². The van der Waals surface area contributed by atoms with Gasteiger partial charge in [-0.05, 0) is 24.6 Å². The van der Waals surface area contributed by atoms with Crippen molar-refractivity contribution in [3.05, 3.63) is 72.1 Å². The minimum atomic E-state index is -0.181. The highest BCUT2D eigenvalue weighted by Crippen LogP contribution is 2.32. The predicted octanol–water partition coefficient (Wildman–Crippen LogP) is 4.85. The monoisotopic (exact) mass is 333 g/mol. The number of nitrogens with zero attached hydrogens (tertiary/aromatic N) is 1. The van der Waals surface area contributed by atoms with Gasteiger partial charge in [-0.25, -0.2) is 4.98 Å². The van der Waals surface area contributed by atoms with Gasteiger partial charge in [-0.15, -0.1) is 0 Å². The summed E-state index contributed by atoms with van der Waals surface area (Å²) in [4.78, 5) is 21.1. The van der Waals surface area contributed by atoms with E-state index in [1.54, 1.807) is 0 Å². The van der Waals surface area contributed by atoms with Crippen LogP contribution in [-0.2, 0) is 0 Å². The SMILES string of the molecule is Cc1nc(NC(=O)c2cc3ccccc3[nH]2)sc1-c1ccccc1. The van der Waals surface area contributed by atoms with Gasteiger partial charge < -0.3 is 4.98 Å². The first-order valence-electron chi connectivity index (χ1n) is 7.62. The molecule has 0 unspecified atom stereocenters. The second kappa shape index (κ2) is 5.94. The zero-order chi connectivity index (χ0) is 16.5. The predicted molar refractivity (Wildman–Crippen MR) is 98.5 cm³/mol. The maximum atomic E-state index is 12.5. The van der Waals surface area contributed by atoms with Crippen LogP contribution in [0.4, 0.5) is 5.13 Å². The number of nitrogens with one attached hydrogen (secondary N) is 2. The molecule has 5 heteroatoms. The topological polar surface area (TPSA) is 57.8 Å². The quantitative estimate of drug-likeness (QED) is 0.563. The van der Waals surface area contributed by atoms with Crippen LogP contribution in [0.15, 0.2) is 60.7 Å². The van der Waals surface area contributed by atoms with Gasteiger partial charge in [-0.1, -0.05) is 59.9 Å². The molecule has 0 saturated carbocycles. The van der Waals surface area contributed by atoms with Crippen molar-refractivity contribution in [3.63, 3.8) is 0 Å². The average Bonchev–Trinajstić information content (AvgIpc) is 3.19. The molecular weight excluding hydrogens is 318 g/mol. The van der Waals surface area contributed by atoms with Gasteiger partial charge in [0.2, 0.25) is 0 Å². The Morgan fingerprint density at radius 2 is 1.83 bits per heavy atom. The molecule has 0 aliphatic rings. The van der Waals surface area contributed by atoms with Gasteiger partial charge in [-0.3, -0.25) is 10.1 Å². The van der Waals surface area contributed by atoms with Crippen LogP contribution in [0.25, 0.3) is 21.3 Å². The minimum absolute atomic E-state index is 0.181. The fraction of sp³-hybridized carbons (Fsp3) is 0.0526. The molecule has 2 heterocycles. The summed E-state index contributed by atoms with van der Waals surface area (Å²) >= 11 is 1.49. The van der Waals surface area contributed by atoms with Gasteiger partial charge >= 0.3 is 0 Å². The number of para-hydroxylation sites is 1. The molecule has 0 atom stereocenters. The van der Waals surface area contributed by atoms with E-state index in [9.17, 15) is 4.79 Å². The lowest BCUT2D eigenvalue weighted by Gasteiger charge is -1.98. The number of amides is 1. The first kappa shape index (κ1) is 14.7. The highest BCUT2D eigenvalue weighted by molar-refractivity contribution is 7.19. The van der Waals surface area contributed by atoms with Crippen molar-refractivity contribution in [2.75, 3.05) is 5.32 Å². The molecule has 2 aromatic heterocycles. The third kappa shape index (κ3) is 2.70. The highest BCUT2D eigenvalue weighted by atomic mass is 32.1. The van der Waals surface area contributed by atoms with Crippen LogP contribution in [0, 0.1) is 6.92 Å². The second-order valence-electron chi connectivity index (χ2n) is 5.52. The van der Waals surface area contributed by atoms with E-state index in [0.717, 1.165) is 27.0 Å². The van der Waals surface area contributed by atoms with E-state index in [1.807, 2.05) is 67.6 Å². The molecule has 0 saturated heterocycles. The molecule has 0 fully saturated rings. The summed E-state index contributed by atoms with van der Waals surface area (Å²) in [6, 6.07) is 19.7. The number of hydrogen-bond acceptors (Lipinski definition) is 3. The lowest BCUT2D eigenvalue weighted by molar-refractivity contribution is 0.102. The van der Waals surface area contributed by atoms with Gasteiger partial charge in [0.25, 0.3) is 5.91 Å². The lowest BCUT2D eigenvalue weighted by atomic mass is 10.2. The summed E-state index contributed by atoms with van der Waals surface area (Å²) < 4.78 is 0. The van der Waals surface area contributed by atoms with E-state index in [4.69, 9.17) is 0 Å². The number of anilines is 1. The van der Waals surface area contributed by atoms with Crippen LogP contribution in [0.1, 0.15) is 16.2 Å². The maximum absolute atomic E-state index is 12.5. The Morgan fingerprint density at radius 3 is 2.62 bits per heavy atom. The number of carbonyl (C=O) groups excluding carboxylic acids is 1. The molecule has 4 nitrogen and oxygen atoms in total. The Labute approximate surface area is 143 Å². The number of benzene rings is 2. The average molecular weight is 333 g/mol. The molecule has 1 amide bonds. The lowest BCUT2D eigenvalue weighted by Crippen LogP contribution is -2.11. The van der Waals surface area contributed by atoms with E-state index in [1.165, 1.54) is 11.3 Å². The number of carbonyl (C=O) groups is 1. The highest BCUT2D eigenvalue weighted by Gasteiger charge is 2.14. The van der Waals surface area contributed by atoms with Crippen molar-refractivity contribution >= 4 is 33.3 Å².